The number of pyridine rings is 1. The van der Waals surface area contributed by atoms with Crippen molar-refractivity contribution in [2.45, 2.75) is 50.7 Å². The van der Waals surface area contributed by atoms with Crippen molar-refractivity contribution < 1.29 is 9.52 Å². The molecule has 140 valence electrons. The van der Waals surface area contributed by atoms with E-state index in [0.29, 0.717) is 12.6 Å². The molecule has 0 amide bonds. The largest absolute Gasteiger partial charge is 0.469 e. The Balaban J connectivity index is 1.56. The molecule has 1 fully saturated rings. The summed E-state index contributed by atoms with van der Waals surface area (Å²) in [5.41, 5.74) is 0.830. The van der Waals surface area contributed by atoms with E-state index in [1.807, 2.05) is 24.3 Å². The van der Waals surface area contributed by atoms with Crippen LogP contribution in [-0.4, -0.2) is 35.2 Å². The van der Waals surface area contributed by atoms with Gasteiger partial charge >= 0.3 is 0 Å². The first kappa shape index (κ1) is 18.5. The van der Waals surface area contributed by atoms with Crippen LogP contribution in [0.1, 0.15) is 49.5 Å². The van der Waals surface area contributed by atoms with Crippen LogP contribution in [0.15, 0.2) is 52.3 Å². The van der Waals surface area contributed by atoms with Gasteiger partial charge in [0, 0.05) is 31.4 Å². The third kappa shape index (κ3) is 5.88. The van der Waals surface area contributed by atoms with Gasteiger partial charge in [-0.05, 0) is 42.7 Å². The molecule has 3 rings (SSSR count). The lowest BCUT2D eigenvalue weighted by Crippen LogP contribution is -2.45. The van der Waals surface area contributed by atoms with Gasteiger partial charge in [0.25, 0.3) is 0 Å². The number of hydrogen-bond donors (Lipinski definition) is 3. The maximum absolute atomic E-state index is 10.3. The van der Waals surface area contributed by atoms with Crippen molar-refractivity contribution in [2.75, 3.05) is 13.1 Å². The molecule has 0 saturated heterocycles. The molecule has 6 heteroatoms. The van der Waals surface area contributed by atoms with Gasteiger partial charge in [0.1, 0.15) is 5.76 Å². The number of aliphatic hydroxyl groups excluding tert-OH is 1. The predicted molar refractivity (Wildman–Crippen MR) is 102 cm³/mol. The molecule has 3 N–H and O–H groups in total. The maximum Gasteiger partial charge on any atom is 0.191 e. The van der Waals surface area contributed by atoms with E-state index in [2.05, 4.69) is 20.6 Å². The van der Waals surface area contributed by atoms with Crippen molar-refractivity contribution in [1.82, 2.24) is 15.6 Å². The Hall–Kier alpha value is -2.34. The zero-order valence-electron chi connectivity index (χ0n) is 15.1. The molecule has 2 aromatic heterocycles. The second-order valence-corrected chi connectivity index (χ2v) is 6.72. The van der Waals surface area contributed by atoms with Crippen LogP contribution in [0.5, 0.6) is 0 Å². The lowest BCUT2D eigenvalue weighted by Gasteiger charge is -2.25. The van der Waals surface area contributed by atoms with E-state index in [0.717, 1.165) is 30.2 Å². The molecule has 1 aliphatic carbocycles. The number of hydrogen-bond acceptors (Lipinski definition) is 4. The molecule has 1 unspecified atom stereocenters. The Morgan fingerprint density at radius 1 is 1.23 bits per heavy atom. The fourth-order valence-corrected chi connectivity index (χ4v) is 3.22. The lowest BCUT2D eigenvalue weighted by molar-refractivity contribution is 0.187. The van der Waals surface area contributed by atoms with Gasteiger partial charge in [-0.2, -0.15) is 0 Å². The molecule has 0 radical (unpaired) electrons. The zero-order valence-corrected chi connectivity index (χ0v) is 15.1. The summed E-state index contributed by atoms with van der Waals surface area (Å²) in [4.78, 5) is 8.59. The standard InChI is InChI=1S/C20H28N4O2/c25-19(16-8-11-21-12-9-16)15-23-20(24-17-5-2-1-3-6-17)22-13-10-18-7-4-14-26-18/h4,7-9,11-12,14,17,19,25H,1-3,5-6,10,13,15H2,(H2,22,23,24). The monoisotopic (exact) mass is 356 g/mol. The molecule has 0 aromatic carbocycles. The highest BCUT2D eigenvalue weighted by Gasteiger charge is 2.15. The molecule has 1 atom stereocenters. The Bertz CT molecular complexity index is 652. The Morgan fingerprint density at radius 3 is 2.77 bits per heavy atom. The Labute approximate surface area is 154 Å². The highest BCUT2D eigenvalue weighted by Crippen LogP contribution is 2.17. The first-order valence-corrected chi connectivity index (χ1v) is 9.46. The van der Waals surface area contributed by atoms with Crippen LogP contribution in [0.25, 0.3) is 0 Å². The highest BCUT2D eigenvalue weighted by atomic mass is 16.3. The summed E-state index contributed by atoms with van der Waals surface area (Å²) in [5, 5.41) is 17.2. The Kier molecular flexibility index (Phi) is 7.07. The molecule has 0 spiro atoms. The summed E-state index contributed by atoms with van der Waals surface area (Å²) < 4.78 is 5.38. The fourth-order valence-electron chi connectivity index (χ4n) is 3.22. The number of aliphatic imine (C=N–C) groups is 1. The third-order valence-electron chi connectivity index (χ3n) is 4.70. The summed E-state index contributed by atoms with van der Waals surface area (Å²) in [6.07, 6.45) is 11.4. The molecule has 0 bridgehead atoms. The van der Waals surface area contributed by atoms with Crippen molar-refractivity contribution in [3.63, 3.8) is 0 Å². The van der Waals surface area contributed by atoms with E-state index in [-0.39, 0.29) is 0 Å². The fraction of sp³-hybridized carbons (Fsp3) is 0.500. The van der Waals surface area contributed by atoms with Gasteiger partial charge in [-0.15, -0.1) is 0 Å². The van der Waals surface area contributed by atoms with E-state index in [4.69, 9.17) is 4.42 Å². The van der Waals surface area contributed by atoms with E-state index in [1.54, 1.807) is 18.7 Å². The molecule has 1 aliphatic rings. The van der Waals surface area contributed by atoms with Crippen LogP contribution in [-0.2, 0) is 6.42 Å². The van der Waals surface area contributed by atoms with Crippen LogP contribution in [0.4, 0.5) is 0 Å². The van der Waals surface area contributed by atoms with Gasteiger partial charge in [0.2, 0.25) is 0 Å². The molecule has 2 aromatic rings. The van der Waals surface area contributed by atoms with Crippen LogP contribution in [0.3, 0.4) is 0 Å². The topological polar surface area (TPSA) is 82.7 Å². The van der Waals surface area contributed by atoms with E-state index in [9.17, 15) is 5.11 Å². The van der Waals surface area contributed by atoms with Crippen LogP contribution in [0, 0.1) is 0 Å². The van der Waals surface area contributed by atoms with Crippen molar-refractivity contribution in [3.05, 3.63) is 54.2 Å². The van der Waals surface area contributed by atoms with Crippen LogP contribution >= 0.6 is 0 Å². The van der Waals surface area contributed by atoms with Gasteiger partial charge in [-0.3, -0.25) is 9.98 Å². The van der Waals surface area contributed by atoms with Crippen molar-refractivity contribution in [3.8, 4) is 0 Å². The molecular formula is C20H28N4O2. The summed E-state index contributed by atoms with van der Waals surface area (Å²) in [5.74, 6) is 1.71. The van der Waals surface area contributed by atoms with E-state index < -0.39 is 6.10 Å². The number of furan rings is 1. The maximum atomic E-state index is 10.3. The summed E-state index contributed by atoms with van der Waals surface area (Å²) in [6.45, 7) is 1.05. The second kappa shape index (κ2) is 9.97. The quantitative estimate of drug-likeness (QED) is 0.525. The number of aromatic nitrogens is 1. The van der Waals surface area contributed by atoms with Gasteiger partial charge < -0.3 is 20.2 Å². The minimum absolute atomic E-state index is 0.312. The van der Waals surface area contributed by atoms with Gasteiger partial charge in [0.05, 0.1) is 18.9 Å². The smallest absolute Gasteiger partial charge is 0.191 e. The number of nitrogens with zero attached hydrogens (tertiary/aromatic N) is 2. The average molecular weight is 356 g/mol. The van der Waals surface area contributed by atoms with Gasteiger partial charge in [-0.1, -0.05) is 19.3 Å². The van der Waals surface area contributed by atoms with Crippen molar-refractivity contribution in [1.29, 1.82) is 0 Å². The molecule has 2 heterocycles. The first-order chi connectivity index (χ1) is 12.8. The average Bonchev–Trinajstić information content (AvgIpc) is 3.21. The SMILES string of the molecule is OC(CN=C(NCCc1ccco1)NC1CCCCC1)c1ccncc1. The third-order valence-corrected chi connectivity index (χ3v) is 4.70. The minimum Gasteiger partial charge on any atom is -0.469 e. The lowest BCUT2D eigenvalue weighted by atomic mass is 9.96. The van der Waals surface area contributed by atoms with Gasteiger partial charge in [-0.25, -0.2) is 0 Å². The molecule has 1 saturated carbocycles. The Morgan fingerprint density at radius 2 is 2.04 bits per heavy atom. The van der Waals surface area contributed by atoms with Gasteiger partial charge in [0.15, 0.2) is 5.96 Å². The normalized spacial score (nSPS) is 17.0. The number of guanidine groups is 1. The first-order valence-electron chi connectivity index (χ1n) is 9.46. The minimum atomic E-state index is -0.631. The van der Waals surface area contributed by atoms with Crippen LogP contribution in [0.2, 0.25) is 0 Å². The zero-order chi connectivity index (χ0) is 18.0. The molecule has 0 aliphatic heterocycles. The van der Waals surface area contributed by atoms with Crippen molar-refractivity contribution >= 4 is 5.96 Å². The molecule has 26 heavy (non-hydrogen) atoms. The van der Waals surface area contributed by atoms with E-state index >= 15 is 0 Å². The number of aliphatic hydroxyl groups is 1. The number of nitrogens with one attached hydrogen (secondary N) is 2. The number of rotatable bonds is 7. The molecule has 6 nitrogen and oxygen atoms in total. The van der Waals surface area contributed by atoms with Crippen LogP contribution < -0.4 is 10.6 Å². The summed E-state index contributed by atoms with van der Waals surface area (Å²) in [6, 6.07) is 7.96. The highest BCUT2D eigenvalue weighted by molar-refractivity contribution is 5.80. The van der Waals surface area contributed by atoms with E-state index in [1.165, 1.54) is 32.1 Å². The molecular weight excluding hydrogens is 328 g/mol. The summed E-state index contributed by atoms with van der Waals surface area (Å²) in [7, 11) is 0. The predicted octanol–water partition coefficient (Wildman–Crippen LogP) is 2.82. The van der Waals surface area contributed by atoms with Crippen molar-refractivity contribution in [2.24, 2.45) is 4.99 Å². The second-order valence-electron chi connectivity index (χ2n) is 6.72. The summed E-state index contributed by atoms with van der Waals surface area (Å²) >= 11 is 0.